The largest absolute Gasteiger partial charge is 0.508 e. The Morgan fingerprint density at radius 2 is 1.35 bits per heavy atom. The van der Waals surface area contributed by atoms with Crippen LogP contribution in [0.15, 0.2) is 100 Å². The molecule has 0 fully saturated rings. The maximum Gasteiger partial charge on any atom is 0.305 e. The van der Waals surface area contributed by atoms with Crippen LogP contribution < -0.4 is 14.9 Å². The molecule has 1 aliphatic heterocycles. The van der Waals surface area contributed by atoms with Gasteiger partial charge in [0, 0.05) is 17.2 Å². The Morgan fingerprint density at radius 1 is 0.710 bits per heavy atom. The molecule has 0 spiro atoms. The zero-order valence-corrected chi connectivity index (χ0v) is 16.2. The van der Waals surface area contributed by atoms with Gasteiger partial charge in [0.1, 0.15) is 11.3 Å². The zero-order chi connectivity index (χ0) is 21.0. The van der Waals surface area contributed by atoms with E-state index in [2.05, 4.69) is 0 Å². The predicted octanol–water partition coefficient (Wildman–Crippen LogP) is 5.32. The summed E-state index contributed by atoms with van der Waals surface area (Å²) in [4.78, 5) is 13.1. The Hall–Kier alpha value is -4.25. The highest BCUT2D eigenvalue weighted by Gasteiger charge is 2.46. The van der Waals surface area contributed by atoms with Crippen molar-refractivity contribution in [3.05, 3.63) is 112 Å². The quantitative estimate of drug-likeness (QED) is 0.400. The third-order valence-corrected chi connectivity index (χ3v) is 5.55. The molecule has 0 bridgehead atoms. The number of aromatic hydroxyl groups is 1. The molecule has 1 aliphatic rings. The molecule has 31 heavy (non-hydrogen) atoms. The van der Waals surface area contributed by atoms with Gasteiger partial charge < -0.3 is 19.0 Å². The molecule has 1 aromatic heterocycles. The maximum atomic E-state index is 13.1. The van der Waals surface area contributed by atoms with Gasteiger partial charge in [-0.15, -0.1) is 0 Å². The molecule has 6 rings (SSSR count). The summed E-state index contributed by atoms with van der Waals surface area (Å²) in [6.45, 7) is 0. The van der Waals surface area contributed by atoms with Crippen molar-refractivity contribution in [1.29, 1.82) is 0 Å². The lowest BCUT2D eigenvalue weighted by atomic mass is 9.97. The first-order valence-electron chi connectivity index (χ1n) is 9.87. The van der Waals surface area contributed by atoms with Crippen LogP contribution in [-0.2, 0) is 5.79 Å². The van der Waals surface area contributed by atoms with E-state index in [1.54, 1.807) is 18.2 Å². The van der Waals surface area contributed by atoms with Gasteiger partial charge in [0.15, 0.2) is 11.3 Å². The topological polar surface area (TPSA) is 68.9 Å². The van der Waals surface area contributed by atoms with Crippen molar-refractivity contribution in [3.63, 3.8) is 0 Å². The van der Waals surface area contributed by atoms with Crippen molar-refractivity contribution >= 4 is 21.9 Å². The van der Waals surface area contributed by atoms with E-state index in [9.17, 15) is 9.90 Å². The summed E-state index contributed by atoms with van der Waals surface area (Å²) in [6, 6.07) is 27.1. The van der Waals surface area contributed by atoms with Crippen LogP contribution in [0.3, 0.4) is 0 Å². The minimum Gasteiger partial charge on any atom is -0.508 e. The fraction of sp³-hybridized carbons (Fsp3) is 0.0385. The number of hydrogen-bond acceptors (Lipinski definition) is 5. The van der Waals surface area contributed by atoms with E-state index in [0.717, 1.165) is 11.1 Å². The average molecular weight is 408 g/mol. The summed E-state index contributed by atoms with van der Waals surface area (Å²) in [7, 11) is 0. The summed E-state index contributed by atoms with van der Waals surface area (Å²) in [6.07, 6.45) is 0. The summed E-state index contributed by atoms with van der Waals surface area (Å²) >= 11 is 0. The summed E-state index contributed by atoms with van der Waals surface area (Å²) < 4.78 is 19.0. The molecular weight excluding hydrogens is 392 g/mol. The highest BCUT2D eigenvalue weighted by Crippen LogP contribution is 2.50. The summed E-state index contributed by atoms with van der Waals surface area (Å²) in [5, 5.41) is 10.6. The molecule has 150 valence electrons. The van der Waals surface area contributed by atoms with Crippen molar-refractivity contribution in [2.24, 2.45) is 0 Å². The molecule has 0 aliphatic carbocycles. The van der Waals surface area contributed by atoms with Crippen LogP contribution in [0.25, 0.3) is 21.9 Å². The second-order valence-electron chi connectivity index (χ2n) is 7.43. The first-order valence-corrected chi connectivity index (χ1v) is 9.87. The molecule has 5 aromatic rings. The third-order valence-electron chi connectivity index (χ3n) is 5.55. The lowest BCUT2D eigenvalue weighted by molar-refractivity contribution is -0.0456. The van der Waals surface area contributed by atoms with E-state index in [0.29, 0.717) is 22.3 Å². The van der Waals surface area contributed by atoms with Gasteiger partial charge in [0.05, 0.1) is 10.8 Å². The fourth-order valence-electron chi connectivity index (χ4n) is 4.08. The van der Waals surface area contributed by atoms with E-state index in [1.807, 2.05) is 60.7 Å². The minimum atomic E-state index is -1.22. The van der Waals surface area contributed by atoms with Gasteiger partial charge in [-0.3, -0.25) is 4.79 Å². The number of rotatable bonds is 2. The lowest BCUT2D eigenvalue weighted by Crippen LogP contribution is -2.36. The molecule has 2 heterocycles. The second kappa shape index (κ2) is 6.37. The van der Waals surface area contributed by atoms with Crippen LogP contribution in [0, 0.1) is 0 Å². The second-order valence-corrected chi connectivity index (χ2v) is 7.43. The fourth-order valence-corrected chi connectivity index (χ4v) is 4.08. The van der Waals surface area contributed by atoms with Gasteiger partial charge in [0.25, 0.3) is 0 Å². The van der Waals surface area contributed by atoms with Crippen LogP contribution in [-0.4, -0.2) is 5.11 Å². The number of ether oxygens (including phenoxy) is 2. The molecule has 0 unspecified atom stereocenters. The highest BCUT2D eigenvalue weighted by atomic mass is 16.7. The zero-order valence-electron chi connectivity index (χ0n) is 16.2. The molecule has 5 heteroatoms. The standard InChI is InChI=1S/C26H16O5/c27-18-11-12-19-22(15-18)29-24-20(23(19)28)13-14-21-25(24)31-26(30-21,16-7-3-1-4-8-16)17-9-5-2-6-10-17/h1-15,27H. The van der Waals surface area contributed by atoms with Crippen LogP contribution in [0.2, 0.25) is 0 Å². The van der Waals surface area contributed by atoms with Crippen molar-refractivity contribution in [2.45, 2.75) is 5.79 Å². The van der Waals surface area contributed by atoms with Gasteiger partial charge in [-0.2, -0.15) is 0 Å². The van der Waals surface area contributed by atoms with Gasteiger partial charge in [-0.1, -0.05) is 60.7 Å². The molecule has 0 saturated carbocycles. The molecular formula is C26H16O5. The molecule has 4 aromatic carbocycles. The van der Waals surface area contributed by atoms with Gasteiger partial charge in [0.2, 0.25) is 11.2 Å². The highest BCUT2D eigenvalue weighted by molar-refractivity contribution is 5.94. The van der Waals surface area contributed by atoms with Crippen molar-refractivity contribution in [1.82, 2.24) is 0 Å². The first-order chi connectivity index (χ1) is 15.2. The molecule has 5 nitrogen and oxygen atoms in total. The summed E-state index contributed by atoms with van der Waals surface area (Å²) in [5.41, 5.74) is 2.00. The molecule has 0 saturated heterocycles. The molecule has 1 N–H and O–H groups in total. The first kappa shape index (κ1) is 17.6. The van der Waals surface area contributed by atoms with Gasteiger partial charge in [-0.05, 0) is 24.3 Å². The van der Waals surface area contributed by atoms with E-state index >= 15 is 0 Å². The monoisotopic (exact) mass is 408 g/mol. The number of fused-ring (bicyclic) bond motifs is 4. The predicted molar refractivity (Wildman–Crippen MR) is 117 cm³/mol. The lowest BCUT2D eigenvalue weighted by Gasteiger charge is -2.28. The number of hydrogen-bond donors (Lipinski definition) is 1. The normalized spacial score (nSPS) is 14.2. The van der Waals surface area contributed by atoms with E-state index < -0.39 is 5.79 Å². The van der Waals surface area contributed by atoms with Gasteiger partial charge >= 0.3 is 5.79 Å². The maximum absolute atomic E-state index is 13.1. The molecule has 0 atom stereocenters. The molecule has 0 amide bonds. The third kappa shape index (κ3) is 2.53. The Kier molecular flexibility index (Phi) is 3.62. The van der Waals surface area contributed by atoms with Crippen LogP contribution in [0.1, 0.15) is 11.1 Å². The van der Waals surface area contributed by atoms with Crippen LogP contribution in [0.4, 0.5) is 0 Å². The smallest absolute Gasteiger partial charge is 0.305 e. The number of phenols is 1. The molecule has 0 radical (unpaired) electrons. The minimum absolute atomic E-state index is 0.0164. The van der Waals surface area contributed by atoms with E-state index in [4.69, 9.17) is 13.9 Å². The van der Waals surface area contributed by atoms with E-state index in [1.165, 1.54) is 12.1 Å². The Labute approximate surface area is 176 Å². The van der Waals surface area contributed by atoms with Crippen molar-refractivity contribution < 1.29 is 19.0 Å². The Balaban J connectivity index is 1.63. The Bertz CT molecular complexity index is 1460. The number of benzene rings is 4. The van der Waals surface area contributed by atoms with Crippen molar-refractivity contribution in [3.8, 4) is 17.2 Å². The van der Waals surface area contributed by atoms with Gasteiger partial charge in [-0.25, -0.2) is 0 Å². The summed E-state index contributed by atoms with van der Waals surface area (Å²) in [5.74, 6) is -0.371. The van der Waals surface area contributed by atoms with Crippen LogP contribution >= 0.6 is 0 Å². The van der Waals surface area contributed by atoms with Crippen LogP contribution in [0.5, 0.6) is 17.2 Å². The number of phenolic OH excluding ortho intramolecular Hbond substituents is 1. The Morgan fingerprint density at radius 3 is 2.03 bits per heavy atom. The van der Waals surface area contributed by atoms with E-state index in [-0.39, 0.29) is 22.3 Å². The average Bonchev–Trinajstić information content (AvgIpc) is 3.22. The SMILES string of the molecule is O=c1c2ccc(O)cc2oc2c3c(ccc12)OC(c1ccccc1)(c1ccccc1)O3. The van der Waals surface area contributed by atoms with Crippen molar-refractivity contribution in [2.75, 3.05) is 0 Å².